The number of halogens is 1. The zero-order valence-electron chi connectivity index (χ0n) is 13.2. The summed E-state index contributed by atoms with van der Waals surface area (Å²) in [6.07, 6.45) is 0.752. The summed E-state index contributed by atoms with van der Waals surface area (Å²) in [7, 11) is 0. The Hall–Kier alpha value is -2.70. The van der Waals surface area contributed by atoms with Crippen molar-refractivity contribution in [3.05, 3.63) is 41.0 Å². The van der Waals surface area contributed by atoms with E-state index in [9.17, 15) is 14.0 Å². The Balaban J connectivity index is 1.99. The fourth-order valence-corrected chi connectivity index (χ4v) is 2.21. The second-order valence-electron chi connectivity index (χ2n) is 5.23. The van der Waals surface area contributed by atoms with Crippen molar-refractivity contribution in [1.82, 2.24) is 5.16 Å². The van der Waals surface area contributed by atoms with E-state index in [1.807, 2.05) is 6.92 Å². The maximum atomic E-state index is 13.5. The molecule has 2 N–H and O–H groups in total. The van der Waals surface area contributed by atoms with Crippen molar-refractivity contribution in [3.8, 4) is 0 Å². The van der Waals surface area contributed by atoms with Crippen LogP contribution in [0.1, 0.15) is 30.4 Å². The topological polar surface area (TPSA) is 84.2 Å². The van der Waals surface area contributed by atoms with E-state index in [1.54, 1.807) is 6.92 Å². The van der Waals surface area contributed by atoms with Gasteiger partial charge in [-0.1, -0.05) is 5.16 Å². The maximum Gasteiger partial charge on any atom is 0.224 e. The van der Waals surface area contributed by atoms with Crippen LogP contribution < -0.4 is 10.6 Å². The van der Waals surface area contributed by atoms with Gasteiger partial charge < -0.3 is 15.2 Å². The standard InChI is InChI=1S/C16H18FN3O3/c1-9-13(10(2)23-20-9)5-7-16(22)19-12-4-6-14(17)15(8-12)18-11(3)21/h4,6,8H,5,7H2,1-3H3,(H,18,21)(H,19,22). The Morgan fingerprint density at radius 2 is 2.00 bits per heavy atom. The third-order valence-corrected chi connectivity index (χ3v) is 3.34. The molecule has 1 aromatic heterocycles. The smallest absolute Gasteiger partial charge is 0.224 e. The number of benzene rings is 1. The summed E-state index contributed by atoms with van der Waals surface area (Å²) < 4.78 is 18.6. The predicted molar refractivity (Wildman–Crippen MR) is 83.6 cm³/mol. The minimum atomic E-state index is -0.561. The fraction of sp³-hybridized carbons (Fsp3) is 0.312. The maximum absolute atomic E-state index is 13.5. The Morgan fingerprint density at radius 3 is 2.61 bits per heavy atom. The van der Waals surface area contributed by atoms with Crippen LogP contribution in [0.15, 0.2) is 22.7 Å². The Morgan fingerprint density at radius 1 is 1.26 bits per heavy atom. The number of hydrogen-bond acceptors (Lipinski definition) is 4. The molecule has 0 radical (unpaired) electrons. The van der Waals surface area contributed by atoms with E-state index in [2.05, 4.69) is 15.8 Å². The quantitative estimate of drug-likeness (QED) is 0.887. The van der Waals surface area contributed by atoms with Gasteiger partial charge in [0.25, 0.3) is 0 Å². The molecule has 0 saturated carbocycles. The molecule has 0 aliphatic rings. The zero-order chi connectivity index (χ0) is 17.0. The molecule has 0 spiro atoms. The van der Waals surface area contributed by atoms with Gasteiger partial charge in [0.2, 0.25) is 11.8 Å². The second kappa shape index (κ2) is 7.04. The van der Waals surface area contributed by atoms with Gasteiger partial charge in [-0.2, -0.15) is 0 Å². The average Bonchev–Trinajstić information content (AvgIpc) is 2.79. The average molecular weight is 319 g/mol. The van der Waals surface area contributed by atoms with Crippen LogP contribution in [0.5, 0.6) is 0 Å². The van der Waals surface area contributed by atoms with Crippen molar-refractivity contribution in [1.29, 1.82) is 0 Å². The van der Waals surface area contributed by atoms with E-state index in [0.717, 1.165) is 11.3 Å². The van der Waals surface area contributed by atoms with Crippen LogP contribution >= 0.6 is 0 Å². The summed E-state index contributed by atoms with van der Waals surface area (Å²) >= 11 is 0. The minimum absolute atomic E-state index is 0.0287. The third-order valence-electron chi connectivity index (χ3n) is 3.34. The lowest BCUT2D eigenvalue weighted by Gasteiger charge is -2.09. The molecule has 1 heterocycles. The summed E-state index contributed by atoms with van der Waals surface area (Å²) in [5.74, 6) is -0.463. The summed E-state index contributed by atoms with van der Waals surface area (Å²) in [5, 5.41) is 8.88. The molecule has 0 aliphatic heterocycles. The highest BCUT2D eigenvalue weighted by Gasteiger charge is 2.12. The van der Waals surface area contributed by atoms with Crippen LogP contribution in [-0.4, -0.2) is 17.0 Å². The summed E-state index contributed by atoms with van der Waals surface area (Å²) in [4.78, 5) is 23.0. The molecule has 0 atom stereocenters. The van der Waals surface area contributed by atoms with Gasteiger partial charge in [-0.15, -0.1) is 0 Å². The van der Waals surface area contributed by atoms with Crippen molar-refractivity contribution < 1.29 is 18.5 Å². The van der Waals surface area contributed by atoms with Crippen molar-refractivity contribution >= 4 is 23.2 Å². The molecular formula is C16H18FN3O3. The van der Waals surface area contributed by atoms with Crippen LogP contribution in [0, 0.1) is 19.7 Å². The first-order valence-corrected chi connectivity index (χ1v) is 7.15. The number of rotatable bonds is 5. The molecule has 6 nitrogen and oxygen atoms in total. The molecule has 0 saturated heterocycles. The molecule has 0 fully saturated rings. The van der Waals surface area contributed by atoms with Crippen molar-refractivity contribution in [2.75, 3.05) is 10.6 Å². The lowest BCUT2D eigenvalue weighted by atomic mass is 10.1. The molecule has 2 aromatic rings. The molecule has 0 unspecified atom stereocenters. The van der Waals surface area contributed by atoms with Gasteiger partial charge in [0, 0.05) is 24.6 Å². The highest BCUT2D eigenvalue weighted by atomic mass is 19.1. The number of nitrogens with zero attached hydrogens (tertiary/aromatic N) is 1. The first-order chi connectivity index (χ1) is 10.9. The Kier molecular flexibility index (Phi) is 5.10. The van der Waals surface area contributed by atoms with Crippen LogP contribution in [0.3, 0.4) is 0 Å². The molecule has 0 aliphatic carbocycles. The number of nitrogens with one attached hydrogen (secondary N) is 2. The molecule has 7 heteroatoms. The predicted octanol–water partition coefficient (Wildman–Crippen LogP) is 2.96. The number of anilines is 2. The largest absolute Gasteiger partial charge is 0.361 e. The zero-order valence-corrected chi connectivity index (χ0v) is 13.2. The molecule has 0 bridgehead atoms. The molecular weight excluding hydrogens is 301 g/mol. The van der Waals surface area contributed by atoms with Gasteiger partial charge in [0.05, 0.1) is 11.4 Å². The normalized spacial score (nSPS) is 10.4. The summed E-state index contributed by atoms with van der Waals surface area (Å²) in [6.45, 7) is 4.91. The molecule has 23 heavy (non-hydrogen) atoms. The second-order valence-corrected chi connectivity index (χ2v) is 5.23. The number of carbonyl (C=O) groups is 2. The number of aromatic nitrogens is 1. The molecule has 2 amide bonds. The lowest BCUT2D eigenvalue weighted by Crippen LogP contribution is -2.14. The van der Waals surface area contributed by atoms with Gasteiger partial charge in [0.1, 0.15) is 11.6 Å². The van der Waals surface area contributed by atoms with Gasteiger partial charge in [-0.3, -0.25) is 9.59 Å². The van der Waals surface area contributed by atoms with Gasteiger partial charge in [-0.05, 0) is 38.5 Å². The summed E-state index contributed by atoms with van der Waals surface area (Å²) in [6, 6.07) is 4.01. The van der Waals surface area contributed by atoms with E-state index in [0.29, 0.717) is 17.9 Å². The van der Waals surface area contributed by atoms with E-state index in [-0.39, 0.29) is 23.9 Å². The van der Waals surface area contributed by atoms with Gasteiger partial charge in [0.15, 0.2) is 0 Å². The first-order valence-electron chi connectivity index (χ1n) is 7.15. The van der Waals surface area contributed by atoms with Crippen molar-refractivity contribution in [3.63, 3.8) is 0 Å². The van der Waals surface area contributed by atoms with E-state index in [4.69, 9.17) is 4.52 Å². The van der Waals surface area contributed by atoms with Crippen molar-refractivity contribution in [2.45, 2.75) is 33.6 Å². The van der Waals surface area contributed by atoms with E-state index < -0.39 is 5.82 Å². The fourth-order valence-electron chi connectivity index (χ4n) is 2.21. The number of hydrogen-bond donors (Lipinski definition) is 2. The highest BCUT2D eigenvalue weighted by Crippen LogP contribution is 2.20. The lowest BCUT2D eigenvalue weighted by molar-refractivity contribution is -0.116. The van der Waals surface area contributed by atoms with Crippen LogP contribution in [-0.2, 0) is 16.0 Å². The first kappa shape index (κ1) is 16.7. The van der Waals surface area contributed by atoms with Crippen LogP contribution in [0.4, 0.5) is 15.8 Å². The van der Waals surface area contributed by atoms with E-state index >= 15 is 0 Å². The number of carbonyl (C=O) groups excluding carboxylic acids is 2. The summed E-state index contributed by atoms with van der Waals surface area (Å²) in [5.41, 5.74) is 2.13. The number of aryl methyl sites for hydroxylation is 2. The monoisotopic (exact) mass is 319 g/mol. The Bertz CT molecular complexity index is 721. The van der Waals surface area contributed by atoms with E-state index in [1.165, 1.54) is 25.1 Å². The van der Waals surface area contributed by atoms with Crippen LogP contribution in [0.2, 0.25) is 0 Å². The third kappa shape index (κ3) is 4.38. The molecule has 2 rings (SSSR count). The van der Waals surface area contributed by atoms with Gasteiger partial charge >= 0.3 is 0 Å². The van der Waals surface area contributed by atoms with Crippen molar-refractivity contribution in [2.24, 2.45) is 0 Å². The Labute approximate surface area is 133 Å². The minimum Gasteiger partial charge on any atom is -0.361 e. The highest BCUT2D eigenvalue weighted by molar-refractivity contribution is 5.93. The molecule has 122 valence electrons. The van der Waals surface area contributed by atoms with Crippen LogP contribution in [0.25, 0.3) is 0 Å². The molecule has 1 aromatic carbocycles. The van der Waals surface area contributed by atoms with Gasteiger partial charge in [-0.25, -0.2) is 4.39 Å². The SMILES string of the molecule is CC(=O)Nc1cc(NC(=O)CCc2c(C)noc2C)ccc1F. The number of amides is 2.